The van der Waals surface area contributed by atoms with Gasteiger partial charge in [0.25, 0.3) is 0 Å². The lowest BCUT2D eigenvalue weighted by Gasteiger charge is -2.37. The zero-order valence-corrected chi connectivity index (χ0v) is 13.1. The summed E-state index contributed by atoms with van der Waals surface area (Å²) in [5, 5.41) is 9.28. The SMILES string of the molecule is O=C(O)C1C(P(=O)(O)O)CCCN1C(=O)OCc1ccccc1. The van der Waals surface area contributed by atoms with E-state index in [0.717, 1.165) is 10.5 Å². The molecule has 1 fully saturated rings. The Bertz CT molecular complexity index is 615. The van der Waals surface area contributed by atoms with Crippen LogP contribution < -0.4 is 0 Å². The molecule has 126 valence electrons. The third-order valence-corrected chi connectivity index (χ3v) is 5.13. The second-order valence-corrected chi connectivity index (χ2v) is 7.16. The number of likely N-dealkylation sites (tertiary alicyclic amines) is 1. The van der Waals surface area contributed by atoms with E-state index in [-0.39, 0.29) is 19.6 Å². The average molecular weight is 343 g/mol. The van der Waals surface area contributed by atoms with Gasteiger partial charge in [-0.05, 0) is 18.4 Å². The Balaban J connectivity index is 2.10. The highest BCUT2D eigenvalue weighted by Gasteiger charge is 2.48. The average Bonchev–Trinajstić information content (AvgIpc) is 2.52. The molecule has 1 heterocycles. The highest BCUT2D eigenvalue weighted by atomic mass is 31.2. The Hall–Kier alpha value is -1.89. The van der Waals surface area contributed by atoms with Crippen LogP contribution in [0.15, 0.2) is 30.3 Å². The molecule has 1 aromatic rings. The molecule has 2 atom stereocenters. The van der Waals surface area contributed by atoms with Gasteiger partial charge >= 0.3 is 19.7 Å². The zero-order valence-electron chi connectivity index (χ0n) is 12.2. The van der Waals surface area contributed by atoms with Gasteiger partial charge in [0, 0.05) is 6.54 Å². The summed E-state index contributed by atoms with van der Waals surface area (Å²) in [5.74, 6) is -1.45. The molecule has 1 aromatic carbocycles. The number of carbonyl (C=O) groups is 2. The molecule has 9 heteroatoms. The van der Waals surface area contributed by atoms with Crippen LogP contribution in [-0.2, 0) is 20.7 Å². The van der Waals surface area contributed by atoms with E-state index >= 15 is 0 Å². The minimum absolute atomic E-state index is 0.0386. The Morgan fingerprint density at radius 1 is 1.26 bits per heavy atom. The summed E-state index contributed by atoms with van der Waals surface area (Å²) in [6.07, 6.45) is -0.539. The third kappa shape index (κ3) is 4.31. The van der Waals surface area contributed by atoms with Crippen molar-refractivity contribution in [3.63, 3.8) is 0 Å². The molecule has 0 bridgehead atoms. The molecule has 0 aromatic heterocycles. The van der Waals surface area contributed by atoms with Crippen molar-refractivity contribution < 1.29 is 33.8 Å². The van der Waals surface area contributed by atoms with Crippen molar-refractivity contribution in [2.75, 3.05) is 6.54 Å². The van der Waals surface area contributed by atoms with Crippen LogP contribution >= 0.6 is 7.60 Å². The number of ether oxygens (including phenoxy) is 1. The molecule has 1 aliphatic rings. The Labute approximate surface area is 132 Å². The molecule has 1 amide bonds. The van der Waals surface area contributed by atoms with E-state index in [1.165, 1.54) is 0 Å². The third-order valence-electron chi connectivity index (χ3n) is 3.72. The largest absolute Gasteiger partial charge is 0.480 e. The fourth-order valence-corrected chi connectivity index (χ4v) is 3.81. The number of nitrogens with zero attached hydrogens (tertiary/aromatic N) is 1. The Morgan fingerprint density at radius 3 is 2.48 bits per heavy atom. The van der Waals surface area contributed by atoms with Crippen molar-refractivity contribution >= 4 is 19.7 Å². The van der Waals surface area contributed by atoms with Crippen molar-refractivity contribution in [1.29, 1.82) is 0 Å². The van der Waals surface area contributed by atoms with E-state index in [4.69, 9.17) is 4.74 Å². The summed E-state index contributed by atoms with van der Waals surface area (Å²) in [6, 6.07) is 7.25. The number of carbonyl (C=O) groups excluding carboxylic acids is 1. The van der Waals surface area contributed by atoms with Gasteiger partial charge in [-0.25, -0.2) is 9.59 Å². The van der Waals surface area contributed by atoms with Gasteiger partial charge in [-0.1, -0.05) is 30.3 Å². The first kappa shape index (κ1) is 17.5. The van der Waals surface area contributed by atoms with Crippen LogP contribution in [-0.4, -0.2) is 50.1 Å². The second kappa shape index (κ2) is 7.12. The van der Waals surface area contributed by atoms with E-state index in [9.17, 15) is 29.0 Å². The number of carboxylic acid groups (broad SMARTS) is 1. The molecule has 23 heavy (non-hydrogen) atoms. The molecule has 8 nitrogen and oxygen atoms in total. The van der Waals surface area contributed by atoms with Crippen molar-refractivity contribution in [3.05, 3.63) is 35.9 Å². The lowest BCUT2D eigenvalue weighted by atomic mass is 10.0. The van der Waals surface area contributed by atoms with Gasteiger partial charge in [0.1, 0.15) is 12.6 Å². The Morgan fingerprint density at radius 2 is 1.91 bits per heavy atom. The number of aliphatic carboxylic acids is 1. The van der Waals surface area contributed by atoms with Crippen LogP contribution in [0, 0.1) is 0 Å². The van der Waals surface area contributed by atoms with Gasteiger partial charge in [0.05, 0.1) is 5.66 Å². The van der Waals surface area contributed by atoms with Crippen molar-refractivity contribution in [1.82, 2.24) is 4.90 Å². The summed E-state index contributed by atoms with van der Waals surface area (Å²) >= 11 is 0. The molecule has 0 spiro atoms. The molecule has 0 aliphatic carbocycles. The predicted octanol–water partition coefficient (Wildman–Crippen LogP) is 1.42. The maximum Gasteiger partial charge on any atom is 0.410 e. The second-order valence-electron chi connectivity index (χ2n) is 5.32. The smallest absolute Gasteiger partial charge is 0.410 e. The molecule has 2 rings (SSSR count). The highest BCUT2D eigenvalue weighted by molar-refractivity contribution is 7.52. The number of carboxylic acids is 1. The molecule has 0 radical (unpaired) electrons. The lowest BCUT2D eigenvalue weighted by Crippen LogP contribution is -2.55. The summed E-state index contributed by atoms with van der Waals surface area (Å²) in [7, 11) is -4.64. The molecule has 1 saturated heterocycles. The highest BCUT2D eigenvalue weighted by Crippen LogP contribution is 2.48. The van der Waals surface area contributed by atoms with Crippen molar-refractivity contribution in [2.45, 2.75) is 31.1 Å². The van der Waals surface area contributed by atoms with Crippen LogP contribution in [0.5, 0.6) is 0 Å². The van der Waals surface area contributed by atoms with Crippen LogP contribution in [0.3, 0.4) is 0 Å². The molecule has 0 saturated carbocycles. The number of rotatable bonds is 4. The lowest BCUT2D eigenvalue weighted by molar-refractivity contribution is -0.143. The molecular formula is C14H18NO7P. The standard InChI is InChI=1S/C14H18NO7P/c16-13(17)12-11(23(19,20)21)7-4-8-15(12)14(18)22-9-10-5-2-1-3-6-10/h1-3,5-6,11-12H,4,7-9H2,(H,16,17)(H2,19,20,21). The molecule has 3 N–H and O–H groups in total. The van der Waals surface area contributed by atoms with Gasteiger partial charge in [0.15, 0.2) is 0 Å². The van der Waals surface area contributed by atoms with Gasteiger partial charge in [-0.3, -0.25) is 9.46 Å². The van der Waals surface area contributed by atoms with Gasteiger partial charge < -0.3 is 19.6 Å². The monoisotopic (exact) mass is 343 g/mol. The molecular weight excluding hydrogens is 325 g/mol. The van der Waals surface area contributed by atoms with Crippen LogP contribution in [0.4, 0.5) is 4.79 Å². The first-order valence-electron chi connectivity index (χ1n) is 7.06. The van der Waals surface area contributed by atoms with E-state index < -0.39 is 31.4 Å². The summed E-state index contributed by atoms with van der Waals surface area (Å²) in [6.45, 7) is 0.0458. The van der Waals surface area contributed by atoms with Crippen LogP contribution in [0.25, 0.3) is 0 Å². The molecule has 1 aliphatic heterocycles. The van der Waals surface area contributed by atoms with Crippen molar-refractivity contribution in [3.8, 4) is 0 Å². The maximum atomic E-state index is 12.1. The topological polar surface area (TPSA) is 124 Å². The van der Waals surface area contributed by atoms with E-state index in [1.807, 2.05) is 0 Å². The predicted molar refractivity (Wildman–Crippen MR) is 79.8 cm³/mol. The summed E-state index contributed by atoms with van der Waals surface area (Å²) in [5.41, 5.74) is -0.686. The van der Waals surface area contributed by atoms with Gasteiger partial charge in [-0.15, -0.1) is 0 Å². The fourth-order valence-electron chi connectivity index (χ4n) is 2.63. The van der Waals surface area contributed by atoms with Crippen molar-refractivity contribution in [2.24, 2.45) is 0 Å². The van der Waals surface area contributed by atoms with E-state index in [2.05, 4.69) is 0 Å². The minimum atomic E-state index is -4.64. The number of hydrogen-bond donors (Lipinski definition) is 3. The van der Waals surface area contributed by atoms with Gasteiger partial charge in [-0.2, -0.15) is 0 Å². The number of piperidine rings is 1. The number of benzene rings is 1. The first-order valence-corrected chi connectivity index (χ1v) is 8.74. The maximum absolute atomic E-state index is 12.1. The zero-order chi connectivity index (χ0) is 17.0. The van der Waals surface area contributed by atoms with E-state index in [0.29, 0.717) is 6.42 Å². The molecule has 2 unspecified atom stereocenters. The van der Waals surface area contributed by atoms with Crippen LogP contribution in [0.1, 0.15) is 18.4 Å². The Kier molecular flexibility index (Phi) is 5.41. The number of hydrogen-bond acceptors (Lipinski definition) is 4. The first-order chi connectivity index (χ1) is 10.8. The number of amides is 1. The van der Waals surface area contributed by atoms with Gasteiger partial charge in [0.2, 0.25) is 0 Å². The normalized spacial score (nSPS) is 21.7. The summed E-state index contributed by atoms with van der Waals surface area (Å²) < 4.78 is 16.6. The minimum Gasteiger partial charge on any atom is -0.480 e. The summed E-state index contributed by atoms with van der Waals surface area (Å²) in [4.78, 5) is 43.1. The fraction of sp³-hybridized carbons (Fsp3) is 0.429. The van der Waals surface area contributed by atoms with E-state index in [1.54, 1.807) is 30.3 Å². The quantitative estimate of drug-likeness (QED) is 0.706. The van der Waals surface area contributed by atoms with Crippen LogP contribution in [0.2, 0.25) is 0 Å².